The quantitative estimate of drug-likeness (QED) is 0.523. The normalized spacial score (nSPS) is 24.1. The maximum absolute atomic E-state index is 10.5. The van der Waals surface area contributed by atoms with Gasteiger partial charge >= 0.3 is 0 Å². The van der Waals surface area contributed by atoms with Crippen LogP contribution in [0.5, 0.6) is 0 Å². The maximum Gasteiger partial charge on any atom is 0.241 e. The van der Waals surface area contributed by atoms with Crippen molar-refractivity contribution in [1.29, 1.82) is 0 Å². The van der Waals surface area contributed by atoms with Gasteiger partial charge in [0.1, 0.15) is 0 Å². The van der Waals surface area contributed by atoms with Crippen molar-refractivity contribution >= 4 is 0 Å². The van der Waals surface area contributed by atoms with Gasteiger partial charge in [-0.2, -0.15) is 0 Å². The van der Waals surface area contributed by atoms with Gasteiger partial charge in [-0.1, -0.05) is 0 Å². The summed E-state index contributed by atoms with van der Waals surface area (Å²) in [6, 6.07) is -0.888. The summed E-state index contributed by atoms with van der Waals surface area (Å²) in [6.07, 6.45) is 0. The topological polar surface area (TPSA) is 66.6 Å². The predicted molar refractivity (Wildman–Crippen MR) is 52.7 cm³/mol. The van der Waals surface area contributed by atoms with Gasteiger partial charge in [-0.25, -0.2) is 0 Å². The van der Waals surface area contributed by atoms with Crippen molar-refractivity contribution in [2.24, 2.45) is 0 Å². The molecule has 0 radical (unpaired) electrons. The van der Waals surface area contributed by atoms with E-state index in [2.05, 4.69) is 0 Å². The second-order valence-corrected chi connectivity index (χ2v) is 5.09. The van der Waals surface area contributed by atoms with Crippen LogP contribution in [0.3, 0.4) is 0 Å². The molecule has 1 aliphatic rings. The lowest BCUT2D eigenvalue weighted by molar-refractivity contribution is -0.547. The Labute approximate surface area is 83.9 Å². The van der Waals surface area contributed by atoms with Crippen LogP contribution in [0.4, 0.5) is 0 Å². The number of rotatable bonds is 2. The number of hydrogen-bond donors (Lipinski definition) is 1. The fourth-order valence-electron chi connectivity index (χ4n) is 1.55. The van der Waals surface area contributed by atoms with E-state index < -0.39 is 16.6 Å². The van der Waals surface area contributed by atoms with E-state index in [9.17, 15) is 15.2 Å². The maximum atomic E-state index is 10.5. The van der Waals surface area contributed by atoms with Crippen molar-refractivity contribution in [2.75, 3.05) is 13.1 Å². The summed E-state index contributed by atoms with van der Waals surface area (Å²) in [6.45, 7) is 8.33. The number of β-amino-alcohol motifs (C(OH)–C–C–N with tert-alkyl or cyclic N) is 1. The summed E-state index contributed by atoms with van der Waals surface area (Å²) in [4.78, 5) is 12.1. The first kappa shape index (κ1) is 11.4. The molecule has 0 amide bonds. The van der Waals surface area contributed by atoms with Gasteiger partial charge in [-0.05, 0) is 20.8 Å². The minimum Gasteiger partial charge on any atom is -0.380 e. The first-order chi connectivity index (χ1) is 6.17. The van der Waals surface area contributed by atoms with Crippen molar-refractivity contribution in [3.05, 3.63) is 10.1 Å². The Hall–Kier alpha value is -0.680. The Balaban J connectivity index is 2.57. The third-order valence-electron chi connectivity index (χ3n) is 2.97. The summed E-state index contributed by atoms with van der Waals surface area (Å²) in [5.41, 5.74) is -1.17. The zero-order valence-corrected chi connectivity index (χ0v) is 9.15. The van der Waals surface area contributed by atoms with Gasteiger partial charge in [0.25, 0.3) is 0 Å². The molecular weight excluding hydrogens is 184 g/mol. The van der Waals surface area contributed by atoms with Gasteiger partial charge in [0.15, 0.2) is 5.60 Å². The van der Waals surface area contributed by atoms with Gasteiger partial charge in [-0.3, -0.25) is 15.0 Å². The van der Waals surface area contributed by atoms with Crippen LogP contribution in [0.15, 0.2) is 0 Å². The molecule has 82 valence electrons. The molecule has 5 heteroatoms. The van der Waals surface area contributed by atoms with Gasteiger partial charge in [0.2, 0.25) is 6.04 Å². The summed E-state index contributed by atoms with van der Waals surface area (Å²) < 4.78 is 0. The van der Waals surface area contributed by atoms with Crippen molar-refractivity contribution in [3.63, 3.8) is 0 Å². The highest BCUT2D eigenvalue weighted by Gasteiger charge is 2.54. The van der Waals surface area contributed by atoms with Crippen LogP contribution in [0.1, 0.15) is 27.7 Å². The molecule has 1 saturated heterocycles. The molecule has 0 aromatic heterocycles. The molecule has 0 aromatic carbocycles. The highest BCUT2D eigenvalue weighted by molar-refractivity contribution is 5.03. The molecule has 0 bridgehead atoms. The lowest BCUT2D eigenvalue weighted by Gasteiger charge is -2.52. The lowest BCUT2D eigenvalue weighted by atomic mass is 9.83. The van der Waals surface area contributed by atoms with Crippen molar-refractivity contribution in [3.8, 4) is 0 Å². The Bertz CT molecular complexity index is 241. The Morgan fingerprint density at radius 1 is 1.50 bits per heavy atom. The number of nitro groups is 1. The van der Waals surface area contributed by atoms with E-state index in [4.69, 9.17) is 0 Å². The second-order valence-electron chi connectivity index (χ2n) is 5.09. The highest BCUT2D eigenvalue weighted by Crippen LogP contribution is 2.31. The average molecular weight is 202 g/mol. The number of likely N-dealkylation sites (tertiary alicyclic amines) is 1. The third-order valence-corrected chi connectivity index (χ3v) is 2.97. The molecular formula is C9H18N2O3. The van der Waals surface area contributed by atoms with E-state index in [-0.39, 0.29) is 5.54 Å². The van der Waals surface area contributed by atoms with E-state index >= 15 is 0 Å². The molecule has 1 heterocycles. The van der Waals surface area contributed by atoms with Crippen LogP contribution < -0.4 is 0 Å². The van der Waals surface area contributed by atoms with Gasteiger partial charge in [-0.15, -0.1) is 0 Å². The molecule has 1 atom stereocenters. The molecule has 0 aromatic rings. The van der Waals surface area contributed by atoms with Crippen LogP contribution in [-0.2, 0) is 0 Å². The van der Waals surface area contributed by atoms with Gasteiger partial charge in [0.05, 0.1) is 0 Å². The summed E-state index contributed by atoms with van der Waals surface area (Å²) in [5, 5.41) is 20.4. The number of nitrogens with zero attached hydrogens (tertiary/aromatic N) is 2. The zero-order valence-electron chi connectivity index (χ0n) is 9.15. The standard InChI is InChI=1S/C9H18N2O3/c1-7(11(13)14)9(12)5-10(6-9)8(2,3)4/h7,12H,5-6H2,1-4H3. The van der Waals surface area contributed by atoms with Gasteiger partial charge < -0.3 is 5.11 Å². The van der Waals surface area contributed by atoms with Crippen molar-refractivity contribution in [2.45, 2.75) is 44.9 Å². The molecule has 14 heavy (non-hydrogen) atoms. The number of hydrogen-bond acceptors (Lipinski definition) is 4. The molecule has 0 saturated carbocycles. The van der Waals surface area contributed by atoms with Crippen molar-refractivity contribution < 1.29 is 10.0 Å². The zero-order chi connectivity index (χ0) is 11.1. The molecule has 0 aliphatic carbocycles. The largest absolute Gasteiger partial charge is 0.380 e. The molecule has 1 N–H and O–H groups in total. The summed E-state index contributed by atoms with van der Waals surface area (Å²) in [5.74, 6) is 0. The summed E-state index contributed by atoms with van der Waals surface area (Å²) >= 11 is 0. The predicted octanol–water partition coefficient (Wildman–Crippen LogP) is 0.497. The fraction of sp³-hybridized carbons (Fsp3) is 1.00. The minimum atomic E-state index is -1.14. The summed E-state index contributed by atoms with van der Waals surface area (Å²) in [7, 11) is 0. The van der Waals surface area contributed by atoms with Crippen LogP contribution in [0.25, 0.3) is 0 Å². The van der Waals surface area contributed by atoms with E-state index in [1.54, 1.807) is 0 Å². The molecule has 5 nitrogen and oxygen atoms in total. The first-order valence-corrected chi connectivity index (χ1v) is 4.78. The first-order valence-electron chi connectivity index (χ1n) is 4.78. The molecule has 1 rings (SSSR count). The Kier molecular flexibility index (Phi) is 2.58. The molecule has 1 fully saturated rings. The smallest absolute Gasteiger partial charge is 0.241 e. The van der Waals surface area contributed by atoms with Crippen LogP contribution >= 0.6 is 0 Å². The van der Waals surface area contributed by atoms with Crippen LogP contribution in [-0.4, -0.2) is 45.2 Å². The monoisotopic (exact) mass is 202 g/mol. The van der Waals surface area contributed by atoms with E-state index in [1.807, 2.05) is 25.7 Å². The van der Waals surface area contributed by atoms with Crippen LogP contribution in [0.2, 0.25) is 0 Å². The average Bonchev–Trinajstić information content (AvgIpc) is 1.95. The second kappa shape index (κ2) is 3.17. The minimum absolute atomic E-state index is 0.0252. The molecule has 1 aliphatic heterocycles. The lowest BCUT2D eigenvalue weighted by Crippen LogP contribution is -2.72. The third kappa shape index (κ3) is 1.88. The van der Waals surface area contributed by atoms with E-state index in [0.29, 0.717) is 13.1 Å². The van der Waals surface area contributed by atoms with Crippen molar-refractivity contribution in [1.82, 2.24) is 4.90 Å². The molecule has 1 unspecified atom stereocenters. The van der Waals surface area contributed by atoms with Gasteiger partial charge in [0, 0.05) is 30.5 Å². The molecule has 0 spiro atoms. The number of aliphatic hydroxyl groups is 1. The fourth-order valence-corrected chi connectivity index (χ4v) is 1.55. The Morgan fingerprint density at radius 3 is 2.21 bits per heavy atom. The van der Waals surface area contributed by atoms with E-state index in [0.717, 1.165) is 0 Å². The highest BCUT2D eigenvalue weighted by atomic mass is 16.6. The van der Waals surface area contributed by atoms with Crippen LogP contribution in [0, 0.1) is 10.1 Å². The SMILES string of the molecule is CC([N+](=O)[O-])C1(O)CN(C(C)(C)C)C1. The Morgan fingerprint density at radius 2 is 1.93 bits per heavy atom. The van der Waals surface area contributed by atoms with E-state index in [1.165, 1.54) is 6.92 Å².